The number of aromatic nitrogens is 3. The first-order chi connectivity index (χ1) is 10.1. The summed E-state index contributed by atoms with van der Waals surface area (Å²) in [5.41, 5.74) is 0.851. The fourth-order valence-electron chi connectivity index (χ4n) is 2.82. The number of aryl methyl sites for hydroxylation is 1. The van der Waals surface area contributed by atoms with Crippen LogP contribution in [0.15, 0.2) is 22.9 Å². The SMILES string of the molecule is Cc1noc(-c2cccnc2N2CCCC(C(C)O)C2)n1. The van der Waals surface area contributed by atoms with E-state index in [2.05, 4.69) is 20.0 Å². The molecule has 1 saturated heterocycles. The van der Waals surface area contributed by atoms with Gasteiger partial charge in [0.15, 0.2) is 5.82 Å². The highest BCUT2D eigenvalue weighted by Crippen LogP contribution is 2.31. The lowest BCUT2D eigenvalue weighted by Crippen LogP contribution is -2.40. The van der Waals surface area contributed by atoms with Crippen molar-refractivity contribution < 1.29 is 9.63 Å². The highest BCUT2D eigenvalue weighted by molar-refractivity contribution is 5.69. The highest BCUT2D eigenvalue weighted by atomic mass is 16.5. The lowest BCUT2D eigenvalue weighted by Gasteiger charge is -2.35. The van der Waals surface area contributed by atoms with Crippen LogP contribution in [-0.4, -0.2) is 39.4 Å². The number of hydrogen-bond acceptors (Lipinski definition) is 6. The van der Waals surface area contributed by atoms with Crippen molar-refractivity contribution >= 4 is 5.82 Å². The van der Waals surface area contributed by atoms with E-state index in [9.17, 15) is 5.11 Å². The molecule has 3 heterocycles. The summed E-state index contributed by atoms with van der Waals surface area (Å²) in [6, 6.07) is 3.82. The maximum absolute atomic E-state index is 9.84. The van der Waals surface area contributed by atoms with Gasteiger partial charge < -0.3 is 14.5 Å². The molecule has 1 fully saturated rings. The molecule has 1 aliphatic rings. The molecule has 1 aliphatic heterocycles. The van der Waals surface area contributed by atoms with Crippen molar-refractivity contribution in [3.8, 4) is 11.5 Å². The summed E-state index contributed by atoms with van der Waals surface area (Å²) in [7, 11) is 0. The molecule has 3 rings (SSSR count). The summed E-state index contributed by atoms with van der Waals surface area (Å²) in [5, 5.41) is 13.7. The van der Waals surface area contributed by atoms with E-state index in [-0.39, 0.29) is 12.0 Å². The van der Waals surface area contributed by atoms with Crippen molar-refractivity contribution in [3.63, 3.8) is 0 Å². The first-order valence-electron chi connectivity index (χ1n) is 7.34. The quantitative estimate of drug-likeness (QED) is 0.931. The van der Waals surface area contributed by atoms with E-state index in [1.54, 1.807) is 13.1 Å². The van der Waals surface area contributed by atoms with Gasteiger partial charge >= 0.3 is 0 Å². The molecule has 2 atom stereocenters. The van der Waals surface area contributed by atoms with Crippen LogP contribution in [0.25, 0.3) is 11.5 Å². The van der Waals surface area contributed by atoms with Crippen LogP contribution < -0.4 is 4.90 Å². The summed E-state index contributed by atoms with van der Waals surface area (Å²) in [6.07, 6.45) is 3.57. The Morgan fingerprint density at radius 2 is 2.33 bits per heavy atom. The standard InChI is InChI=1S/C15H20N4O2/c1-10(20)12-5-4-8-19(9-12)14-13(6-3-7-16-14)15-17-11(2)18-21-15/h3,6-7,10,12,20H,4-5,8-9H2,1-2H3. The molecule has 0 bridgehead atoms. The molecule has 112 valence electrons. The Morgan fingerprint density at radius 1 is 1.48 bits per heavy atom. The maximum atomic E-state index is 9.84. The van der Waals surface area contributed by atoms with Gasteiger partial charge in [-0.25, -0.2) is 4.98 Å². The molecule has 2 aromatic heterocycles. The summed E-state index contributed by atoms with van der Waals surface area (Å²) in [5.74, 6) is 2.24. The minimum Gasteiger partial charge on any atom is -0.393 e. The van der Waals surface area contributed by atoms with Gasteiger partial charge in [0.25, 0.3) is 5.89 Å². The number of piperidine rings is 1. The molecule has 0 aromatic carbocycles. The van der Waals surface area contributed by atoms with Crippen molar-refractivity contribution in [1.82, 2.24) is 15.1 Å². The van der Waals surface area contributed by atoms with Gasteiger partial charge in [0.2, 0.25) is 0 Å². The van der Waals surface area contributed by atoms with Crippen LogP contribution in [0, 0.1) is 12.8 Å². The zero-order valence-corrected chi connectivity index (χ0v) is 12.4. The van der Waals surface area contributed by atoms with Crippen LogP contribution in [-0.2, 0) is 0 Å². The van der Waals surface area contributed by atoms with Gasteiger partial charge in [0.1, 0.15) is 5.82 Å². The second-order valence-corrected chi connectivity index (χ2v) is 5.61. The molecule has 2 aromatic rings. The molecular formula is C15H20N4O2. The van der Waals surface area contributed by atoms with E-state index in [0.717, 1.165) is 37.3 Å². The Morgan fingerprint density at radius 3 is 3.05 bits per heavy atom. The first-order valence-corrected chi connectivity index (χ1v) is 7.34. The minimum absolute atomic E-state index is 0.276. The number of hydrogen-bond donors (Lipinski definition) is 1. The zero-order chi connectivity index (χ0) is 14.8. The Hall–Kier alpha value is -1.95. The molecule has 6 nitrogen and oxygen atoms in total. The van der Waals surface area contributed by atoms with Crippen molar-refractivity contribution in [3.05, 3.63) is 24.2 Å². The summed E-state index contributed by atoms with van der Waals surface area (Å²) < 4.78 is 5.28. The number of anilines is 1. The monoisotopic (exact) mass is 288 g/mol. The summed E-state index contributed by atoms with van der Waals surface area (Å²) in [4.78, 5) is 11.0. The lowest BCUT2D eigenvalue weighted by atomic mass is 9.93. The van der Waals surface area contributed by atoms with Crippen LogP contribution >= 0.6 is 0 Å². The van der Waals surface area contributed by atoms with Crippen molar-refractivity contribution in [2.45, 2.75) is 32.8 Å². The summed E-state index contributed by atoms with van der Waals surface area (Å²) >= 11 is 0. The van der Waals surface area contributed by atoms with Crippen LogP contribution in [0.2, 0.25) is 0 Å². The normalized spacial score (nSPS) is 20.5. The Bertz CT molecular complexity index is 611. The van der Waals surface area contributed by atoms with Gasteiger partial charge in [0.05, 0.1) is 11.7 Å². The number of rotatable bonds is 3. The van der Waals surface area contributed by atoms with Crippen molar-refractivity contribution in [2.24, 2.45) is 5.92 Å². The fraction of sp³-hybridized carbons (Fsp3) is 0.533. The van der Waals surface area contributed by atoms with Gasteiger partial charge in [-0.3, -0.25) is 0 Å². The van der Waals surface area contributed by atoms with E-state index in [1.165, 1.54) is 0 Å². The Labute approximate surface area is 123 Å². The van der Waals surface area contributed by atoms with Gasteiger partial charge in [-0.2, -0.15) is 4.98 Å². The van der Waals surface area contributed by atoms with Gasteiger partial charge in [-0.15, -0.1) is 0 Å². The second-order valence-electron chi connectivity index (χ2n) is 5.61. The van der Waals surface area contributed by atoms with E-state index < -0.39 is 0 Å². The van der Waals surface area contributed by atoms with Crippen molar-refractivity contribution in [1.29, 1.82) is 0 Å². The largest absolute Gasteiger partial charge is 0.393 e. The minimum atomic E-state index is -0.300. The maximum Gasteiger partial charge on any atom is 0.261 e. The van der Waals surface area contributed by atoms with Gasteiger partial charge in [0, 0.05) is 25.2 Å². The van der Waals surface area contributed by atoms with Crippen LogP contribution in [0.4, 0.5) is 5.82 Å². The number of aliphatic hydroxyl groups is 1. The van der Waals surface area contributed by atoms with Crippen LogP contribution in [0.1, 0.15) is 25.6 Å². The Balaban J connectivity index is 1.92. The predicted octanol–water partition coefficient (Wildman–Crippen LogP) is 2.04. The molecule has 21 heavy (non-hydrogen) atoms. The third-order valence-electron chi connectivity index (χ3n) is 3.98. The number of pyridine rings is 1. The van der Waals surface area contributed by atoms with E-state index in [1.807, 2.05) is 19.1 Å². The molecule has 1 N–H and O–H groups in total. The Kier molecular flexibility index (Phi) is 3.88. The van der Waals surface area contributed by atoms with E-state index in [4.69, 9.17) is 4.52 Å². The molecule has 2 unspecified atom stereocenters. The second kappa shape index (κ2) is 5.81. The third-order valence-corrected chi connectivity index (χ3v) is 3.98. The molecule has 0 amide bonds. The number of nitrogens with zero attached hydrogens (tertiary/aromatic N) is 4. The van der Waals surface area contributed by atoms with E-state index in [0.29, 0.717) is 11.7 Å². The summed E-state index contributed by atoms with van der Waals surface area (Å²) in [6.45, 7) is 5.39. The lowest BCUT2D eigenvalue weighted by molar-refractivity contribution is 0.115. The smallest absolute Gasteiger partial charge is 0.261 e. The average Bonchev–Trinajstić information content (AvgIpc) is 2.94. The van der Waals surface area contributed by atoms with Crippen molar-refractivity contribution in [2.75, 3.05) is 18.0 Å². The fourth-order valence-corrected chi connectivity index (χ4v) is 2.82. The predicted molar refractivity (Wildman–Crippen MR) is 78.9 cm³/mol. The van der Waals surface area contributed by atoms with Crippen LogP contribution in [0.5, 0.6) is 0 Å². The average molecular weight is 288 g/mol. The first kappa shape index (κ1) is 14.0. The third kappa shape index (κ3) is 2.90. The molecule has 0 spiro atoms. The molecule has 0 aliphatic carbocycles. The highest BCUT2D eigenvalue weighted by Gasteiger charge is 2.26. The molecular weight excluding hydrogens is 268 g/mol. The molecule has 0 radical (unpaired) electrons. The zero-order valence-electron chi connectivity index (χ0n) is 12.4. The van der Waals surface area contributed by atoms with E-state index >= 15 is 0 Å². The number of aliphatic hydroxyl groups excluding tert-OH is 1. The molecule has 0 saturated carbocycles. The van der Waals surface area contributed by atoms with Crippen LogP contribution in [0.3, 0.4) is 0 Å². The van der Waals surface area contributed by atoms with Gasteiger partial charge in [-0.05, 0) is 38.8 Å². The molecule has 6 heteroatoms. The van der Waals surface area contributed by atoms with Gasteiger partial charge in [-0.1, -0.05) is 5.16 Å². The topological polar surface area (TPSA) is 75.3 Å².